The molecule has 2 heterocycles. The number of aryl methyl sites for hydroxylation is 3. The molecule has 8 nitrogen and oxygen atoms in total. The Bertz CT molecular complexity index is 1030. The summed E-state index contributed by atoms with van der Waals surface area (Å²) in [4.78, 5) is 12.3. The van der Waals surface area contributed by atoms with E-state index in [0.717, 1.165) is 29.7 Å². The lowest BCUT2D eigenvalue weighted by Crippen LogP contribution is -2.24. The van der Waals surface area contributed by atoms with E-state index in [4.69, 9.17) is 6.11 Å². The van der Waals surface area contributed by atoms with Gasteiger partial charge in [-0.3, -0.25) is 4.68 Å². The first-order valence-electron chi connectivity index (χ1n) is 8.71. The van der Waals surface area contributed by atoms with Crippen LogP contribution in [0.3, 0.4) is 0 Å². The van der Waals surface area contributed by atoms with E-state index in [1.54, 1.807) is 37.0 Å². The highest BCUT2D eigenvalue weighted by molar-refractivity contribution is 5.41. The van der Waals surface area contributed by atoms with Gasteiger partial charge in [-0.2, -0.15) is 9.78 Å². The van der Waals surface area contributed by atoms with E-state index >= 15 is 0 Å². The molecule has 1 saturated carbocycles. The summed E-state index contributed by atoms with van der Waals surface area (Å²) in [5.41, 5.74) is 2.38. The second-order valence-electron chi connectivity index (χ2n) is 6.36. The van der Waals surface area contributed by atoms with Crippen LogP contribution in [0.1, 0.15) is 37.0 Å². The van der Waals surface area contributed by atoms with Gasteiger partial charge in [-0.15, -0.1) is 4.68 Å². The minimum absolute atomic E-state index is 0.274. The average molecular weight is 342 g/mol. The first kappa shape index (κ1) is 14.4. The third-order valence-electron chi connectivity index (χ3n) is 4.42. The topological polar surface area (TPSA) is 79.8 Å². The lowest BCUT2D eigenvalue weighted by Gasteiger charge is -2.10. The van der Waals surface area contributed by atoms with Crippen molar-refractivity contribution in [2.24, 2.45) is 14.1 Å². The zero-order valence-electron chi connectivity index (χ0n) is 15.4. The Morgan fingerprint density at radius 1 is 1.28 bits per heavy atom. The molecule has 0 saturated heterocycles. The first-order valence-corrected chi connectivity index (χ1v) is 8.21. The Morgan fingerprint density at radius 2 is 2.08 bits per heavy atom. The van der Waals surface area contributed by atoms with Crippen LogP contribution >= 0.6 is 0 Å². The van der Waals surface area contributed by atoms with Crippen molar-refractivity contribution in [3.05, 3.63) is 51.5 Å². The Balaban J connectivity index is 1.74. The molecule has 0 atom stereocenters. The van der Waals surface area contributed by atoms with Crippen molar-refractivity contribution in [2.75, 3.05) is 0 Å². The maximum atomic E-state index is 12.3. The smallest absolute Gasteiger partial charge is 0.369 e. The van der Waals surface area contributed by atoms with Gasteiger partial charge in [0, 0.05) is 20.0 Å². The average Bonchev–Trinajstić information content (AvgIpc) is 3.32. The van der Waals surface area contributed by atoms with Crippen LogP contribution in [0.15, 0.2) is 29.0 Å². The molecule has 0 N–H and O–H groups in total. The summed E-state index contributed by atoms with van der Waals surface area (Å²) in [6.07, 6.45) is 2.18. The molecule has 0 spiro atoms. The molecule has 25 heavy (non-hydrogen) atoms. The minimum atomic E-state index is -0.327. The molecule has 3 aromatic rings. The number of hydrogen-bond donors (Lipinski definition) is 0. The molecular weight excluding hydrogens is 320 g/mol. The van der Waals surface area contributed by atoms with Crippen molar-refractivity contribution >= 4 is 0 Å². The van der Waals surface area contributed by atoms with Gasteiger partial charge in [-0.1, -0.05) is 18.2 Å². The predicted octanol–water partition coefficient (Wildman–Crippen LogP) is 1.46. The Kier molecular flexibility index (Phi) is 3.39. The second kappa shape index (κ2) is 5.87. The van der Waals surface area contributed by atoms with Gasteiger partial charge in [0.1, 0.15) is 12.4 Å². The quantitative estimate of drug-likeness (QED) is 0.701. The van der Waals surface area contributed by atoms with Gasteiger partial charge in [0.2, 0.25) is 0 Å². The number of para-hydroxylation sites is 1. The molecule has 0 bridgehead atoms. The van der Waals surface area contributed by atoms with Gasteiger partial charge in [0.15, 0.2) is 5.82 Å². The third kappa shape index (κ3) is 2.73. The van der Waals surface area contributed by atoms with Gasteiger partial charge in [-0.05, 0) is 41.8 Å². The van der Waals surface area contributed by atoms with Gasteiger partial charge < -0.3 is 4.74 Å². The normalized spacial score (nSPS) is 14.6. The standard InChI is InChI=1S/C17H20N6O2/c1-11-6-4-5-7-14(11)25-10-13-15(12-8-9-12)18-21(2)16(13)23-17(24)22(3)19-20-23/h4-7,12H,8-10H2,1-3H3/i4T. The van der Waals surface area contributed by atoms with Crippen LogP contribution in [-0.4, -0.2) is 29.6 Å². The molecule has 130 valence electrons. The summed E-state index contributed by atoms with van der Waals surface area (Å²) in [5, 5.41) is 12.4. The number of rotatable bonds is 5. The Hall–Kier alpha value is -2.90. The van der Waals surface area contributed by atoms with E-state index in [0.29, 0.717) is 23.5 Å². The van der Waals surface area contributed by atoms with Crippen molar-refractivity contribution in [3.8, 4) is 11.6 Å². The number of hydrogen-bond acceptors (Lipinski definition) is 5. The Labute approximate surface area is 146 Å². The first-order chi connectivity index (χ1) is 12.5. The maximum Gasteiger partial charge on any atom is 0.369 e. The van der Waals surface area contributed by atoms with Crippen LogP contribution in [0.25, 0.3) is 5.82 Å². The molecular formula is C17H20N6O2. The number of tetrazole rings is 1. The SMILES string of the molecule is [3H]c1ccc(OCc2c(C3CC3)nn(C)c2-n2nnn(C)c2=O)c(C)c1. The fraction of sp³-hybridized carbons (Fsp3) is 0.412. The van der Waals surface area contributed by atoms with Crippen LogP contribution in [0.5, 0.6) is 5.75 Å². The summed E-state index contributed by atoms with van der Waals surface area (Å²) in [6.45, 7) is 2.18. The van der Waals surface area contributed by atoms with E-state index in [2.05, 4.69) is 15.5 Å². The van der Waals surface area contributed by atoms with Gasteiger partial charge in [-0.25, -0.2) is 4.79 Å². The summed E-state index contributed by atoms with van der Waals surface area (Å²) >= 11 is 0. The van der Waals surface area contributed by atoms with E-state index in [9.17, 15) is 4.79 Å². The molecule has 1 aliphatic rings. The number of ether oxygens (including phenoxy) is 1. The van der Waals surface area contributed by atoms with Crippen molar-refractivity contribution in [3.63, 3.8) is 0 Å². The van der Waals surface area contributed by atoms with Crippen LogP contribution in [-0.2, 0) is 20.7 Å². The van der Waals surface area contributed by atoms with Crippen molar-refractivity contribution in [1.29, 1.82) is 0 Å². The second-order valence-corrected chi connectivity index (χ2v) is 6.36. The molecule has 8 heteroatoms. The summed E-state index contributed by atoms with van der Waals surface area (Å²) < 4.78 is 17.8. The predicted molar refractivity (Wildman–Crippen MR) is 90.9 cm³/mol. The summed E-state index contributed by atoms with van der Waals surface area (Å²) in [7, 11) is 3.36. The summed E-state index contributed by atoms with van der Waals surface area (Å²) in [5.74, 6) is 1.70. The van der Waals surface area contributed by atoms with E-state index in [1.807, 2.05) is 6.92 Å². The maximum absolute atomic E-state index is 12.3. The molecule has 0 unspecified atom stereocenters. The van der Waals surface area contributed by atoms with E-state index < -0.39 is 0 Å². The number of nitrogens with zero attached hydrogens (tertiary/aromatic N) is 6. The Morgan fingerprint density at radius 3 is 2.72 bits per heavy atom. The molecule has 0 aliphatic heterocycles. The highest BCUT2D eigenvalue weighted by Crippen LogP contribution is 2.42. The van der Waals surface area contributed by atoms with Crippen molar-refractivity contribution < 1.29 is 6.11 Å². The van der Waals surface area contributed by atoms with Gasteiger partial charge in [0.05, 0.1) is 12.6 Å². The molecule has 1 aliphatic carbocycles. The van der Waals surface area contributed by atoms with Crippen LogP contribution in [0.2, 0.25) is 0 Å². The summed E-state index contributed by atoms with van der Waals surface area (Å²) in [6, 6.07) is 5.69. The monoisotopic (exact) mass is 342 g/mol. The highest BCUT2D eigenvalue weighted by atomic mass is 16.5. The lowest BCUT2D eigenvalue weighted by atomic mass is 10.1. The third-order valence-corrected chi connectivity index (χ3v) is 4.42. The highest BCUT2D eigenvalue weighted by Gasteiger charge is 2.33. The zero-order valence-corrected chi connectivity index (χ0v) is 14.4. The van der Waals surface area contributed by atoms with Crippen molar-refractivity contribution in [2.45, 2.75) is 32.3 Å². The lowest BCUT2D eigenvalue weighted by molar-refractivity contribution is 0.302. The minimum Gasteiger partial charge on any atom is -0.488 e. The fourth-order valence-corrected chi connectivity index (χ4v) is 2.93. The zero-order chi connectivity index (χ0) is 18.4. The molecule has 0 amide bonds. The van der Waals surface area contributed by atoms with Gasteiger partial charge >= 0.3 is 5.69 Å². The van der Waals surface area contributed by atoms with E-state index in [-0.39, 0.29) is 12.3 Å². The van der Waals surface area contributed by atoms with Crippen molar-refractivity contribution in [1.82, 2.24) is 29.6 Å². The molecule has 0 radical (unpaired) electrons. The molecule has 1 fully saturated rings. The van der Waals surface area contributed by atoms with Crippen LogP contribution < -0.4 is 10.4 Å². The number of benzene rings is 1. The molecule has 4 rings (SSSR count). The van der Waals surface area contributed by atoms with Crippen LogP contribution in [0, 0.1) is 6.92 Å². The fourth-order valence-electron chi connectivity index (χ4n) is 2.93. The molecule has 1 aromatic carbocycles. The molecule has 2 aromatic heterocycles. The van der Waals surface area contributed by atoms with E-state index in [1.165, 1.54) is 9.36 Å². The van der Waals surface area contributed by atoms with Gasteiger partial charge in [0.25, 0.3) is 0 Å². The number of aromatic nitrogens is 6. The largest absolute Gasteiger partial charge is 0.488 e. The van der Waals surface area contributed by atoms with Crippen LogP contribution in [0.4, 0.5) is 0 Å².